The van der Waals surface area contributed by atoms with Crippen LogP contribution in [0.4, 0.5) is 0 Å². The summed E-state index contributed by atoms with van der Waals surface area (Å²) in [5.74, 6) is 1.54. The van der Waals surface area contributed by atoms with Crippen molar-refractivity contribution in [1.29, 1.82) is 0 Å². The Kier molecular flexibility index (Phi) is 3.68. The van der Waals surface area contributed by atoms with Crippen LogP contribution >= 0.6 is 0 Å². The van der Waals surface area contributed by atoms with Gasteiger partial charge in [-0.15, -0.1) is 0 Å². The van der Waals surface area contributed by atoms with Crippen LogP contribution in [0.15, 0.2) is 58.3 Å². The predicted octanol–water partition coefficient (Wildman–Crippen LogP) is 2.74. The second kappa shape index (κ2) is 6.01. The molecule has 7 heteroatoms. The fourth-order valence-corrected chi connectivity index (χ4v) is 2.63. The van der Waals surface area contributed by atoms with Gasteiger partial charge in [0.05, 0.1) is 18.1 Å². The Morgan fingerprint density at radius 3 is 2.64 bits per heavy atom. The summed E-state index contributed by atoms with van der Waals surface area (Å²) in [6.45, 7) is 4.30. The number of nitrogens with zero attached hydrogens (tertiary/aromatic N) is 5. The lowest BCUT2D eigenvalue weighted by Gasteiger charge is -2.04. The summed E-state index contributed by atoms with van der Waals surface area (Å²) in [6, 6.07) is 9.59. The monoisotopic (exact) mass is 335 g/mol. The van der Waals surface area contributed by atoms with E-state index in [1.807, 2.05) is 44.2 Å². The molecule has 0 aliphatic rings. The predicted molar refractivity (Wildman–Crippen MR) is 92.8 cm³/mol. The van der Waals surface area contributed by atoms with Crippen molar-refractivity contribution in [3.63, 3.8) is 0 Å². The smallest absolute Gasteiger partial charge is 0.264 e. The van der Waals surface area contributed by atoms with E-state index in [9.17, 15) is 4.79 Å². The van der Waals surface area contributed by atoms with Crippen molar-refractivity contribution in [2.24, 2.45) is 0 Å². The molecule has 3 heterocycles. The number of para-hydroxylation sites is 1. The van der Waals surface area contributed by atoms with E-state index in [4.69, 9.17) is 4.42 Å². The maximum Gasteiger partial charge on any atom is 0.264 e. The van der Waals surface area contributed by atoms with Crippen molar-refractivity contribution in [3.8, 4) is 5.69 Å². The van der Waals surface area contributed by atoms with Gasteiger partial charge in [0.15, 0.2) is 5.65 Å². The molecular weight excluding hydrogens is 318 g/mol. The molecule has 0 saturated heterocycles. The molecule has 25 heavy (non-hydrogen) atoms. The van der Waals surface area contributed by atoms with Gasteiger partial charge in [-0.05, 0) is 12.1 Å². The normalized spacial score (nSPS) is 11.5. The van der Waals surface area contributed by atoms with Gasteiger partial charge in [0.1, 0.15) is 24.0 Å². The fourth-order valence-electron chi connectivity index (χ4n) is 2.63. The molecule has 4 rings (SSSR count). The van der Waals surface area contributed by atoms with Gasteiger partial charge in [-0.2, -0.15) is 5.10 Å². The van der Waals surface area contributed by atoms with E-state index < -0.39 is 0 Å². The van der Waals surface area contributed by atoms with E-state index in [1.165, 1.54) is 10.9 Å². The highest BCUT2D eigenvalue weighted by Gasteiger charge is 2.13. The zero-order chi connectivity index (χ0) is 17.4. The summed E-state index contributed by atoms with van der Waals surface area (Å²) in [5.41, 5.74) is 1.22. The minimum Gasteiger partial charge on any atom is -0.443 e. The molecule has 1 aromatic carbocycles. The number of oxazole rings is 1. The molecule has 0 amide bonds. The summed E-state index contributed by atoms with van der Waals surface area (Å²) < 4.78 is 8.81. The summed E-state index contributed by atoms with van der Waals surface area (Å²) in [4.78, 5) is 21.4. The van der Waals surface area contributed by atoms with Crippen molar-refractivity contribution in [3.05, 3.63) is 71.1 Å². The number of aromatic nitrogens is 5. The van der Waals surface area contributed by atoms with Gasteiger partial charge in [-0.1, -0.05) is 32.0 Å². The second-order valence-corrected chi connectivity index (χ2v) is 6.12. The Morgan fingerprint density at radius 2 is 1.92 bits per heavy atom. The number of benzene rings is 1. The van der Waals surface area contributed by atoms with Crippen LogP contribution < -0.4 is 5.56 Å². The lowest BCUT2D eigenvalue weighted by molar-refractivity contribution is 0.426. The van der Waals surface area contributed by atoms with Crippen LogP contribution in [0.2, 0.25) is 0 Å². The van der Waals surface area contributed by atoms with Gasteiger partial charge in [0, 0.05) is 5.92 Å². The molecule has 0 saturated carbocycles. The summed E-state index contributed by atoms with van der Waals surface area (Å²) in [7, 11) is 0. The lowest BCUT2D eigenvalue weighted by Crippen LogP contribution is -2.21. The molecule has 0 unspecified atom stereocenters. The first-order chi connectivity index (χ1) is 12.1. The molecular formula is C18H17N5O2. The van der Waals surface area contributed by atoms with Crippen LogP contribution in [-0.4, -0.2) is 24.3 Å². The molecule has 126 valence electrons. The molecule has 0 atom stereocenters. The van der Waals surface area contributed by atoms with E-state index in [2.05, 4.69) is 15.1 Å². The average Bonchev–Trinajstić information content (AvgIpc) is 3.25. The van der Waals surface area contributed by atoms with Crippen molar-refractivity contribution in [2.45, 2.75) is 26.3 Å². The highest BCUT2D eigenvalue weighted by molar-refractivity contribution is 5.74. The second-order valence-electron chi connectivity index (χ2n) is 6.12. The summed E-state index contributed by atoms with van der Waals surface area (Å²) in [6.07, 6.45) is 4.75. The van der Waals surface area contributed by atoms with E-state index in [0.717, 1.165) is 11.4 Å². The molecule has 0 spiro atoms. The van der Waals surface area contributed by atoms with Crippen molar-refractivity contribution >= 4 is 11.0 Å². The zero-order valence-electron chi connectivity index (χ0n) is 14.0. The van der Waals surface area contributed by atoms with E-state index in [1.54, 1.807) is 17.1 Å². The van der Waals surface area contributed by atoms with E-state index >= 15 is 0 Å². The molecule has 3 aromatic heterocycles. The first-order valence-electron chi connectivity index (χ1n) is 8.06. The Hall–Kier alpha value is -3.22. The molecule has 7 nitrogen and oxygen atoms in total. The molecule has 0 aliphatic heterocycles. The molecule has 0 N–H and O–H groups in total. The minimum absolute atomic E-state index is 0.170. The first kappa shape index (κ1) is 15.3. The van der Waals surface area contributed by atoms with Crippen LogP contribution in [-0.2, 0) is 6.54 Å². The van der Waals surface area contributed by atoms with E-state index in [0.29, 0.717) is 16.9 Å². The third-order valence-electron chi connectivity index (χ3n) is 4.00. The molecule has 0 bridgehead atoms. The van der Waals surface area contributed by atoms with Crippen LogP contribution in [0.1, 0.15) is 31.4 Å². The standard InChI is InChI=1S/C18H17N5O2/c1-12(2)15-9-19-16(25-15)10-22-11-20-17-14(18(22)24)8-21-23(17)13-6-4-3-5-7-13/h3-9,11-12H,10H2,1-2H3. The average molecular weight is 335 g/mol. The van der Waals surface area contributed by atoms with Gasteiger partial charge in [-0.3, -0.25) is 9.36 Å². The number of hydrogen-bond acceptors (Lipinski definition) is 5. The molecule has 0 aliphatic carbocycles. The third-order valence-corrected chi connectivity index (χ3v) is 4.00. The topological polar surface area (TPSA) is 78.7 Å². The Morgan fingerprint density at radius 1 is 1.12 bits per heavy atom. The highest BCUT2D eigenvalue weighted by Crippen LogP contribution is 2.16. The number of fused-ring (bicyclic) bond motifs is 1. The first-order valence-corrected chi connectivity index (χ1v) is 8.06. The largest absolute Gasteiger partial charge is 0.443 e. The highest BCUT2D eigenvalue weighted by atomic mass is 16.4. The molecule has 4 aromatic rings. The van der Waals surface area contributed by atoms with Gasteiger partial charge < -0.3 is 4.42 Å². The molecule has 0 radical (unpaired) electrons. The Bertz CT molecular complexity index is 1080. The van der Waals surface area contributed by atoms with Gasteiger partial charge >= 0.3 is 0 Å². The van der Waals surface area contributed by atoms with Crippen molar-refractivity contribution in [2.75, 3.05) is 0 Å². The SMILES string of the molecule is CC(C)c1cnc(Cn2cnc3c(cnn3-c3ccccc3)c2=O)o1. The maximum atomic E-state index is 12.7. The van der Waals surface area contributed by atoms with Crippen LogP contribution in [0, 0.1) is 0 Å². The molecule has 0 fully saturated rings. The Labute approximate surface area is 143 Å². The summed E-state index contributed by atoms with van der Waals surface area (Å²) in [5, 5.41) is 4.76. The van der Waals surface area contributed by atoms with Gasteiger partial charge in [0.25, 0.3) is 5.56 Å². The van der Waals surface area contributed by atoms with Crippen molar-refractivity contribution in [1.82, 2.24) is 24.3 Å². The Balaban J connectivity index is 1.72. The van der Waals surface area contributed by atoms with Gasteiger partial charge in [0.2, 0.25) is 5.89 Å². The maximum absolute atomic E-state index is 12.7. The van der Waals surface area contributed by atoms with Crippen LogP contribution in [0.25, 0.3) is 16.7 Å². The minimum atomic E-state index is -0.170. The van der Waals surface area contributed by atoms with Crippen molar-refractivity contribution < 1.29 is 4.42 Å². The van der Waals surface area contributed by atoms with Crippen LogP contribution in [0.3, 0.4) is 0 Å². The van der Waals surface area contributed by atoms with Gasteiger partial charge in [-0.25, -0.2) is 14.6 Å². The number of hydrogen-bond donors (Lipinski definition) is 0. The van der Waals surface area contributed by atoms with Crippen LogP contribution in [0.5, 0.6) is 0 Å². The third kappa shape index (κ3) is 2.73. The quantitative estimate of drug-likeness (QED) is 0.573. The zero-order valence-corrected chi connectivity index (χ0v) is 14.0. The van der Waals surface area contributed by atoms with E-state index in [-0.39, 0.29) is 18.0 Å². The fraction of sp³-hybridized carbons (Fsp3) is 0.222. The number of rotatable bonds is 4. The lowest BCUT2D eigenvalue weighted by atomic mass is 10.2. The summed E-state index contributed by atoms with van der Waals surface area (Å²) >= 11 is 0.